The SMILES string of the molecule is CC(C)[C@]1(O)CN(C=O)Cc2ccc(C(N)=O)cc2O1. The molecule has 0 aliphatic carbocycles. The number of aliphatic hydroxyl groups is 1. The third-order valence-electron chi connectivity index (χ3n) is 3.49. The third-order valence-corrected chi connectivity index (χ3v) is 3.49. The van der Waals surface area contributed by atoms with Crippen molar-refractivity contribution >= 4 is 12.3 Å². The molecule has 1 atom stereocenters. The average molecular weight is 278 g/mol. The Labute approximate surface area is 117 Å². The Bertz CT molecular complexity index is 544. The predicted octanol–water partition coefficient (Wildman–Crippen LogP) is 0.481. The first kappa shape index (κ1) is 14.3. The monoisotopic (exact) mass is 278 g/mol. The largest absolute Gasteiger partial charge is 0.460 e. The summed E-state index contributed by atoms with van der Waals surface area (Å²) in [6, 6.07) is 4.75. The standard InChI is InChI=1S/C14H18N2O4/c1-9(2)14(19)7-16(8-17)6-11-4-3-10(13(15)18)5-12(11)20-14/h3-5,8-9,19H,6-7H2,1-2H3,(H2,15,18)/t14-/m0/s1. The highest BCUT2D eigenvalue weighted by Gasteiger charge is 2.38. The lowest BCUT2D eigenvalue weighted by molar-refractivity contribution is -0.179. The lowest BCUT2D eigenvalue weighted by Crippen LogP contribution is -2.49. The molecule has 0 bridgehead atoms. The second-order valence-corrected chi connectivity index (χ2v) is 5.30. The molecule has 0 radical (unpaired) electrons. The number of amides is 2. The number of nitrogens with zero attached hydrogens (tertiary/aromatic N) is 1. The highest BCUT2D eigenvalue weighted by atomic mass is 16.6. The molecule has 1 heterocycles. The Morgan fingerprint density at radius 1 is 1.55 bits per heavy atom. The molecule has 1 aliphatic rings. The van der Waals surface area contributed by atoms with Gasteiger partial charge >= 0.3 is 0 Å². The summed E-state index contributed by atoms with van der Waals surface area (Å²) in [4.78, 5) is 23.8. The molecule has 0 fully saturated rings. The van der Waals surface area contributed by atoms with Crippen LogP contribution in [0.15, 0.2) is 18.2 Å². The lowest BCUT2D eigenvalue weighted by atomic mass is 10.0. The fourth-order valence-electron chi connectivity index (χ4n) is 2.10. The maximum atomic E-state index is 11.2. The van der Waals surface area contributed by atoms with E-state index in [1.165, 1.54) is 11.0 Å². The molecule has 2 rings (SSSR count). The summed E-state index contributed by atoms with van der Waals surface area (Å²) in [5, 5.41) is 10.6. The van der Waals surface area contributed by atoms with Gasteiger partial charge in [0.1, 0.15) is 5.75 Å². The van der Waals surface area contributed by atoms with Crippen LogP contribution in [0.25, 0.3) is 0 Å². The minimum Gasteiger partial charge on any atom is -0.460 e. The van der Waals surface area contributed by atoms with Gasteiger partial charge in [-0.25, -0.2) is 0 Å². The van der Waals surface area contributed by atoms with Crippen LogP contribution in [-0.2, 0) is 11.3 Å². The van der Waals surface area contributed by atoms with Crippen molar-refractivity contribution in [3.05, 3.63) is 29.3 Å². The molecule has 1 aliphatic heterocycles. The van der Waals surface area contributed by atoms with Crippen LogP contribution in [0.4, 0.5) is 0 Å². The third kappa shape index (κ3) is 2.60. The van der Waals surface area contributed by atoms with Crippen molar-refractivity contribution in [2.45, 2.75) is 26.2 Å². The van der Waals surface area contributed by atoms with Crippen LogP contribution in [-0.4, -0.2) is 34.7 Å². The minimum atomic E-state index is -1.50. The molecular formula is C14H18N2O4. The Morgan fingerprint density at radius 3 is 2.80 bits per heavy atom. The van der Waals surface area contributed by atoms with Crippen LogP contribution in [0.3, 0.4) is 0 Å². The van der Waals surface area contributed by atoms with Gasteiger partial charge < -0.3 is 20.5 Å². The van der Waals surface area contributed by atoms with Crippen LogP contribution in [0, 0.1) is 5.92 Å². The molecule has 0 spiro atoms. The van der Waals surface area contributed by atoms with Gasteiger partial charge in [-0.05, 0) is 12.1 Å². The molecule has 6 heteroatoms. The summed E-state index contributed by atoms with van der Waals surface area (Å²) in [6.07, 6.45) is 0.674. The maximum absolute atomic E-state index is 11.2. The van der Waals surface area contributed by atoms with Gasteiger partial charge in [0.15, 0.2) is 0 Å². The van der Waals surface area contributed by atoms with E-state index < -0.39 is 11.7 Å². The van der Waals surface area contributed by atoms with Crippen LogP contribution in [0.2, 0.25) is 0 Å². The molecular weight excluding hydrogens is 260 g/mol. The normalized spacial score (nSPS) is 21.9. The summed E-state index contributed by atoms with van der Waals surface area (Å²) in [6.45, 7) is 3.97. The van der Waals surface area contributed by atoms with Crippen molar-refractivity contribution in [3.63, 3.8) is 0 Å². The number of nitrogens with two attached hydrogens (primary N) is 1. The summed E-state index contributed by atoms with van der Waals surface area (Å²) in [5.74, 6) is -1.92. The van der Waals surface area contributed by atoms with Gasteiger partial charge in [0.2, 0.25) is 18.1 Å². The van der Waals surface area contributed by atoms with E-state index in [0.29, 0.717) is 24.3 Å². The number of rotatable bonds is 3. The molecule has 6 nitrogen and oxygen atoms in total. The minimum absolute atomic E-state index is 0.0642. The van der Waals surface area contributed by atoms with Crippen LogP contribution >= 0.6 is 0 Å². The number of β-amino-alcohol motifs (C(OH)–C–C–N with tert-alkyl or cyclic N) is 1. The Morgan fingerprint density at radius 2 is 2.25 bits per heavy atom. The second-order valence-electron chi connectivity index (χ2n) is 5.30. The topological polar surface area (TPSA) is 92.9 Å². The van der Waals surface area contributed by atoms with Crippen molar-refractivity contribution < 1.29 is 19.4 Å². The van der Waals surface area contributed by atoms with Gasteiger partial charge in [0.25, 0.3) is 0 Å². The van der Waals surface area contributed by atoms with E-state index in [1.807, 2.05) is 0 Å². The number of carbonyl (C=O) groups excluding carboxylic acids is 2. The van der Waals surface area contributed by atoms with E-state index >= 15 is 0 Å². The molecule has 1 aromatic carbocycles. The highest BCUT2D eigenvalue weighted by molar-refractivity contribution is 5.93. The molecule has 20 heavy (non-hydrogen) atoms. The van der Waals surface area contributed by atoms with Crippen molar-refractivity contribution in [2.75, 3.05) is 6.54 Å². The zero-order valence-corrected chi connectivity index (χ0v) is 11.5. The number of ether oxygens (including phenoxy) is 1. The van der Waals surface area contributed by atoms with Crippen LogP contribution in [0.5, 0.6) is 5.75 Å². The maximum Gasteiger partial charge on any atom is 0.248 e. The van der Waals surface area contributed by atoms with E-state index in [-0.39, 0.29) is 12.5 Å². The molecule has 3 N–H and O–H groups in total. The van der Waals surface area contributed by atoms with E-state index in [0.717, 1.165) is 5.56 Å². The number of fused-ring (bicyclic) bond motifs is 1. The van der Waals surface area contributed by atoms with Gasteiger partial charge in [-0.3, -0.25) is 9.59 Å². The fourth-order valence-corrected chi connectivity index (χ4v) is 2.10. The Hall–Kier alpha value is -2.08. The predicted molar refractivity (Wildman–Crippen MR) is 71.8 cm³/mol. The smallest absolute Gasteiger partial charge is 0.248 e. The van der Waals surface area contributed by atoms with Crippen LogP contribution < -0.4 is 10.5 Å². The summed E-state index contributed by atoms with van der Waals surface area (Å²) < 4.78 is 5.68. The molecule has 2 amide bonds. The number of primary amides is 1. The van der Waals surface area contributed by atoms with Gasteiger partial charge in [-0.15, -0.1) is 0 Å². The summed E-state index contributed by atoms with van der Waals surface area (Å²) >= 11 is 0. The first-order valence-corrected chi connectivity index (χ1v) is 6.39. The van der Waals surface area contributed by atoms with Crippen molar-refractivity contribution in [1.82, 2.24) is 4.90 Å². The van der Waals surface area contributed by atoms with Crippen molar-refractivity contribution in [1.29, 1.82) is 0 Å². The Kier molecular flexibility index (Phi) is 3.67. The first-order valence-electron chi connectivity index (χ1n) is 6.39. The second kappa shape index (κ2) is 5.13. The van der Waals surface area contributed by atoms with E-state index in [2.05, 4.69) is 0 Å². The number of carbonyl (C=O) groups is 2. The van der Waals surface area contributed by atoms with Crippen molar-refractivity contribution in [3.8, 4) is 5.75 Å². The summed E-state index contributed by atoms with van der Waals surface area (Å²) in [7, 11) is 0. The van der Waals surface area contributed by atoms with Gasteiger partial charge in [-0.2, -0.15) is 0 Å². The number of benzene rings is 1. The van der Waals surface area contributed by atoms with E-state index in [4.69, 9.17) is 10.5 Å². The van der Waals surface area contributed by atoms with Gasteiger partial charge in [0.05, 0.1) is 6.54 Å². The lowest BCUT2D eigenvalue weighted by Gasteiger charge is -2.33. The molecule has 0 aromatic heterocycles. The molecule has 1 aromatic rings. The molecule has 0 saturated heterocycles. The highest BCUT2D eigenvalue weighted by Crippen LogP contribution is 2.32. The van der Waals surface area contributed by atoms with E-state index in [1.54, 1.807) is 26.0 Å². The zero-order chi connectivity index (χ0) is 14.9. The zero-order valence-electron chi connectivity index (χ0n) is 11.5. The van der Waals surface area contributed by atoms with Crippen molar-refractivity contribution in [2.24, 2.45) is 11.7 Å². The Balaban J connectivity index is 2.48. The molecule has 108 valence electrons. The van der Waals surface area contributed by atoms with Gasteiger partial charge in [-0.1, -0.05) is 19.9 Å². The fraction of sp³-hybridized carbons (Fsp3) is 0.429. The van der Waals surface area contributed by atoms with Crippen LogP contribution in [0.1, 0.15) is 29.8 Å². The van der Waals surface area contributed by atoms with E-state index in [9.17, 15) is 14.7 Å². The molecule has 0 saturated carbocycles. The average Bonchev–Trinajstić information content (AvgIpc) is 2.53. The van der Waals surface area contributed by atoms with Gasteiger partial charge in [0, 0.05) is 23.6 Å². The first-order chi connectivity index (χ1) is 9.35. The number of hydrogen-bond donors (Lipinski definition) is 2. The molecule has 0 unspecified atom stereocenters. The number of hydrogen-bond acceptors (Lipinski definition) is 4. The summed E-state index contributed by atoms with van der Waals surface area (Å²) in [5.41, 5.74) is 6.26. The quantitative estimate of drug-likeness (QED) is 0.786.